The molecule has 0 heterocycles. The lowest BCUT2D eigenvalue weighted by Gasteiger charge is -2.13. The Labute approximate surface area is 118 Å². The molecule has 0 unspecified atom stereocenters. The highest BCUT2D eigenvalue weighted by atomic mass is 35.5. The molecule has 4 nitrogen and oxygen atoms in total. The SMILES string of the molecule is CC[C@H](N)C(=O)Nc1cc(Cl)c(OC(F)F)c(Cl)c1. The third-order valence-corrected chi connectivity index (χ3v) is 2.81. The van der Waals surface area contributed by atoms with Gasteiger partial charge in [0.2, 0.25) is 5.91 Å². The van der Waals surface area contributed by atoms with E-state index in [9.17, 15) is 13.6 Å². The Morgan fingerprint density at radius 2 is 1.95 bits per heavy atom. The number of rotatable bonds is 5. The molecule has 1 amide bonds. The predicted octanol–water partition coefficient (Wildman–Crippen LogP) is 3.27. The molecule has 0 aromatic heterocycles. The monoisotopic (exact) mass is 312 g/mol. The zero-order chi connectivity index (χ0) is 14.6. The summed E-state index contributed by atoms with van der Waals surface area (Å²) in [5, 5.41) is 2.22. The van der Waals surface area contributed by atoms with Crippen LogP contribution in [0.5, 0.6) is 5.75 Å². The fraction of sp³-hybridized carbons (Fsp3) is 0.364. The van der Waals surface area contributed by atoms with Crippen molar-refractivity contribution >= 4 is 34.8 Å². The van der Waals surface area contributed by atoms with Gasteiger partial charge in [-0.3, -0.25) is 4.79 Å². The largest absolute Gasteiger partial charge is 0.432 e. The van der Waals surface area contributed by atoms with E-state index < -0.39 is 18.6 Å². The van der Waals surface area contributed by atoms with E-state index >= 15 is 0 Å². The van der Waals surface area contributed by atoms with Gasteiger partial charge in [0.1, 0.15) is 0 Å². The van der Waals surface area contributed by atoms with Crippen molar-refractivity contribution in [1.29, 1.82) is 0 Å². The highest BCUT2D eigenvalue weighted by molar-refractivity contribution is 6.37. The average molecular weight is 313 g/mol. The number of anilines is 1. The summed E-state index contributed by atoms with van der Waals surface area (Å²) in [5.74, 6) is -0.756. The summed E-state index contributed by atoms with van der Waals surface area (Å²) in [6, 6.07) is 1.84. The Morgan fingerprint density at radius 1 is 1.42 bits per heavy atom. The van der Waals surface area contributed by atoms with Crippen LogP contribution in [-0.2, 0) is 4.79 Å². The van der Waals surface area contributed by atoms with Crippen molar-refractivity contribution < 1.29 is 18.3 Å². The molecule has 0 fully saturated rings. The van der Waals surface area contributed by atoms with Gasteiger partial charge in [-0.2, -0.15) is 8.78 Å². The van der Waals surface area contributed by atoms with Crippen molar-refractivity contribution in [3.8, 4) is 5.75 Å². The van der Waals surface area contributed by atoms with Crippen LogP contribution in [-0.4, -0.2) is 18.6 Å². The summed E-state index contributed by atoms with van der Waals surface area (Å²) in [4.78, 5) is 11.6. The highest BCUT2D eigenvalue weighted by Gasteiger charge is 2.16. The zero-order valence-electron chi connectivity index (χ0n) is 9.92. The number of hydrogen-bond donors (Lipinski definition) is 2. The molecule has 19 heavy (non-hydrogen) atoms. The number of carbonyl (C=O) groups excluding carboxylic acids is 1. The molecule has 1 atom stereocenters. The van der Waals surface area contributed by atoms with Crippen molar-refractivity contribution in [1.82, 2.24) is 0 Å². The lowest BCUT2D eigenvalue weighted by atomic mass is 10.2. The van der Waals surface area contributed by atoms with Gasteiger partial charge in [0.05, 0.1) is 16.1 Å². The summed E-state index contributed by atoms with van der Waals surface area (Å²) in [7, 11) is 0. The maximum Gasteiger partial charge on any atom is 0.387 e. The second-order valence-electron chi connectivity index (χ2n) is 3.65. The molecular weight excluding hydrogens is 301 g/mol. The minimum Gasteiger partial charge on any atom is -0.432 e. The van der Waals surface area contributed by atoms with Crippen molar-refractivity contribution in [3.05, 3.63) is 22.2 Å². The quantitative estimate of drug-likeness (QED) is 0.877. The summed E-state index contributed by atoms with van der Waals surface area (Å²) in [6.45, 7) is -1.28. The van der Waals surface area contributed by atoms with Crippen LogP contribution < -0.4 is 15.8 Å². The minimum atomic E-state index is -3.04. The third kappa shape index (κ3) is 4.49. The molecule has 1 aromatic rings. The number of alkyl halides is 2. The zero-order valence-corrected chi connectivity index (χ0v) is 11.4. The van der Waals surface area contributed by atoms with E-state index in [2.05, 4.69) is 10.1 Å². The van der Waals surface area contributed by atoms with Crippen molar-refractivity contribution in [2.45, 2.75) is 26.0 Å². The number of nitrogens with two attached hydrogens (primary N) is 1. The number of halogens is 4. The van der Waals surface area contributed by atoms with Gasteiger partial charge in [-0.15, -0.1) is 0 Å². The van der Waals surface area contributed by atoms with E-state index in [0.717, 1.165) is 0 Å². The fourth-order valence-corrected chi connectivity index (χ4v) is 1.83. The molecular formula is C11H12Cl2F2N2O2. The van der Waals surface area contributed by atoms with Crippen LogP contribution in [0.1, 0.15) is 13.3 Å². The first-order chi connectivity index (χ1) is 8.85. The maximum atomic E-state index is 12.1. The molecule has 0 aliphatic heterocycles. The fourth-order valence-electron chi connectivity index (χ4n) is 1.25. The summed E-state index contributed by atoms with van der Waals surface area (Å²) in [6.07, 6.45) is 0.458. The second kappa shape index (κ2) is 6.88. The van der Waals surface area contributed by atoms with Crippen LogP contribution in [0, 0.1) is 0 Å². The van der Waals surface area contributed by atoms with Crippen LogP contribution in [0.2, 0.25) is 10.0 Å². The van der Waals surface area contributed by atoms with E-state index in [-0.39, 0.29) is 21.5 Å². The van der Waals surface area contributed by atoms with Crippen LogP contribution >= 0.6 is 23.2 Å². The number of ether oxygens (including phenoxy) is 1. The first-order valence-corrected chi connectivity index (χ1v) is 6.11. The van der Waals surface area contributed by atoms with Crippen molar-refractivity contribution in [2.75, 3.05) is 5.32 Å². The standard InChI is InChI=1S/C11H12Cl2F2N2O2/c1-2-8(16)10(18)17-5-3-6(12)9(7(13)4-5)19-11(14)15/h3-4,8,11H,2,16H2,1H3,(H,17,18)/t8-/m0/s1. The Balaban J connectivity index is 2.92. The molecule has 0 radical (unpaired) electrons. The van der Waals surface area contributed by atoms with Crippen LogP contribution in [0.3, 0.4) is 0 Å². The number of hydrogen-bond acceptors (Lipinski definition) is 3. The first kappa shape index (κ1) is 15.9. The Morgan fingerprint density at radius 3 is 2.37 bits per heavy atom. The molecule has 0 aliphatic carbocycles. The lowest BCUT2D eigenvalue weighted by Crippen LogP contribution is -2.34. The van der Waals surface area contributed by atoms with Gasteiger partial charge in [-0.1, -0.05) is 30.1 Å². The third-order valence-electron chi connectivity index (χ3n) is 2.25. The van der Waals surface area contributed by atoms with Gasteiger partial charge < -0.3 is 15.8 Å². The molecule has 0 spiro atoms. The average Bonchev–Trinajstić information content (AvgIpc) is 2.32. The molecule has 0 aliphatic rings. The Bertz CT molecular complexity index is 449. The van der Waals surface area contributed by atoms with Gasteiger partial charge in [0.15, 0.2) is 5.75 Å². The lowest BCUT2D eigenvalue weighted by molar-refractivity contribution is -0.117. The van der Waals surface area contributed by atoms with Crippen LogP contribution in [0.4, 0.5) is 14.5 Å². The molecule has 1 aromatic carbocycles. The predicted molar refractivity (Wildman–Crippen MR) is 70.0 cm³/mol. The summed E-state index contributed by atoms with van der Waals surface area (Å²) < 4.78 is 28.4. The molecule has 0 bridgehead atoms. The topological polar surface area (TPSA) is 64.4 Å². The van der Waals surface area contributed by atoms with Crippen LogP contribution in [0.25, 0.3) is 0 Å². The molecule has 106 valence electrons. The van der Waals surface area contributed by atoms with Gasteiger partial charge in [-0.25, -0.2) is 0 Å². The van der Waals surface area contributed by atoms with E-state index in [1.165, 1.54) is 12.1 Å². The number of amides is 1. The van der Waals surface area contributed by atoms with Gasteiger partial charge in [0.25, 0.3) is 0 Å². The first-order valence-electron chi connectivity index (χ1n) is 5.35. The molecule has 8 heteroatoms. The molecule has 3 N–H and O–H groups in total. The van der Waals surface area contributed by atoms with Gasteiger partial charge in [0, 0.05) is 5.69 Å². The normalized spacial score (nSPS) is 12.4. The van der Waals surface area contributed by atoms with Crippen molar-refractivity contribution in [2.24, 2.45) is 5.73 Å². The Hall–Kier alpha value is -1.11. The van der Waals surface area contributed by atoms with E-state index in [1.807, 2.05) is 0 Å². The van der Waals surface area contributed by atoms with Gasteiger partial charge >= 0.3 is 6.61 Å². The number of carbonyl (C=O) groups is 1. The van der Waals surface area contributed by atoms with E-state index in [1.54, 1.807) is 6.92 Å². The molecule has 0 saturated carbocycles. The molecule has 1 rings (SSSR count). The summed E-state index contributed by atoms with van der Waals surface area (Å²) in [5.41, 5.74) is 5.79. The minimum absolute atomic E-state index is 0.131. The van der Waals surface area contributed by atoms with Gasteiger partial charge in [-0.05, 0) is 18.6 Å². The number of benzene rings is 1. The van der Waals surface area contributed by atoms with E-state index in [4.69, 9.17) is 28.9 Å². The molecule has 0 saturated heterocycles. The smallest absolute Gasteiger partial charge is 0.387 e. The second-order valence-corrected chi connectivity index (χ2v) is 4.47. The van der Waals surface area contributed by atoms with E-state index in [0.29, 0.717) is 6.42 Å². The Kier molecular flexibility index (Phi) is 5.78. The maximum absolute atomic E-state index is 12.1. The van der Waals surface area contributed by atoms with Crippen LogP contribution in [0.15, 0.2) is 12.1 Å². The summed E-state index contributed by atoms with van der Waals surface area (Å²) >= 11 is 11.5. The highest BCUT2D eigenvalue weighted by Crippen LogP contribution is 2.36. The number of nitrogens with one attached hydrogen (secondary N) is 1. The van der Waals surface area contributed by atoms with Crippen molar-refractivity contribution in [3.63, 3.8) is 0 Å².